The first-order valence-electron chi connectivity index (χ1n) is 11.1. The SMILES string of the molecule is CCOc1ccc2oc(=O)cc(CN3CCN(CC(=O)Nc4ccc(F)cc4C)CC3)c2c1. The summed E-state index contributed by atoms with van der Waals surface area (Å²) in [7, 11) is 0. The van der Waals surface area contributed by atoms with Crippen molar-refractivity contribution in [2.45, 2.75) is 20.4 Å². The van der Waals surface area contributed by atoms with Gasteiger partial charge in [0.15, 0.2) is 0 Å². The summed E-state index contributed by atoms with van der Waals surface area (Å²) in [6, 6.07) is 11.4. The van der Waals surface area contributed by atoms with Crippen LogP contribution in [0.25, 0.3) is 11.0 Å². The van der Waals surface area contributed by atoms with Gasteiger partial charge in [-0.05, 0) is 61.4 Å². The molecule has 0 atom stereocenters. The van der Waals surface area contributed by atoms with E-state index in [-0.39, 0.29) is 23.9 Å². The van der Waals surface area contributed by atoms with Gasteiger partial charge in [-0.25, -0.2) is 9.18 Å². The average Bonchev–Trinajstić information content (AvgIpc) is 2.77. The highest BCUT2D eigenvalue weighted by Crippen LogP contribution is 2.24. The van der Waals surface area contributed by atoms with E-state index < -0.39 is 0 Å². The topological polar surface area (TPSA) is 75.0 Å². The van der Waals surface area contributed by atoms with E-state index in [2.05, 4.69) is 15.1 Å². The van der Waals surface area contributed by atoms with Crippen LogP contribution in [-0.4, -0.2) is 55.0 Å². The van der Waals surface area contributed by atoms with Crippen LogP contribution in [0.5, 0.6) is 5.75 Å². The van der Waals surface area contributed by atoms with Crippen LogP contribution in [0.1, 0.15) is 18.1 Å². The van der Waals surface area contributed by atoms with Gasteiger partial charge in [0.1, 0.15) is 17.1 Å². The zero-order chi connectivity index (χ0) is 23.4. The lowest BCUT2D eigenvalue weighted by Crippen LogP contribution is -2.48. The predicted octanol–water partition coefficient (Wildman–Crippen LogP) is 3.40. The Bertz CT molecular complexity index is 1200. The molecule has 8 heteroatoms. The van der Waals surface area contributed by atoms with E-state index in [9.17, 15) is 14.0 Å². The number of amides is 1. The van der Waals surface area contributed by atoms with Crippen molar-refractivity contribution in [3.05, 3.63) is 69.8 Å². The van der Waals surface area contributed by atoms with Gasteiger partial charge in [-0.2, -0.15) is 0 Å². The van der Waals surface area contributed by atoms with Crippen molar-refractivity contribution in [1.82, 2.24) is 9.80 Å². The number of nitrogens with one attached hydrogen (secondary N) is 1. The third-order valence-electron chi connectivity index (χ3n) is 5.80. The number of carbonyl (C=O) groups excluding carboxylic acids is 1. The summed E-state index contributed by atoms with van der Waals surface area (Å²) in [4.78, 5) is 28.8. The van der Waals surface area contributed by atoms with E-state index >= 15 is 0 Å². The molecule has 2 heterocycles. The highest BCUT2D eigenvalue weighted by atomic mass is 19.1. The zero-order valence-corrected chi connectivity index (χ0v) is 18.9. The van der Waals surface area contributed by atoms with E-state index in [4.69, 9.17) is 9.15 Å². The number of hydrogen-bond acceptors (Lipinski definition) is 6. The molecule has 0 bridgehead atoms. The van der Waals surface area contributed by atoms with Gasteiger partial charge in [0.2, 0.25) is 5.91 Å². The molecule has 1 aromatic heterocycles. The maximum Gasteiger partial charge on any atom is 0.336 e. The molecule has 1 fully saturated rings. The second-order valence-corrected chi connectivity index (χ2v) is 8.24. The Morgan fingerprint density at radius 3 is 2.58 bits per heavy atom. The maximum absolute atomic E-state index is 13.3. The van der Waals surface area contributed by atoms with E-state index in [1.807, 2.05) is 13.0 Å². The molecular weight excluding hydrogens is 425 g/mol. The lowest BCUT2D eigenvalue weighted by Gasteiger charge is -2.34. The molecule has 0 saturated carbocycles. The van der Waals surface area contributed by atoms with Crippen LogP contribution in [0.2, 0.25) is 0 Å². The van der Waals surface area contributed by atoms with E-state index in [1.54, 1.807) is 31.2 Å². The fourth-order valence-electron chi connectivity index (χ4n) is 4.10. The Morgan fingerprint density at radius 2 is 1.85 bits per heavy atom. The fourth-order valence-corrected chi connectivity index (χ4v) is 4.10. The number of halogens is 1. The van der Waals surface area contributed by atoms with Crippen LogP contribution in [0, 0.1) is 12.7 Å². The van der Waals surface area contributed by atoms with E-state index in [0.717, 1.165) is 42.9 Å². The van der Waals surface area contributed by atoms with E-state index in [0.29, 0.717) is 30.0 Å². The minimum absolute atomic E-state index is 0.117. The summed E-state index contributed by atoms with van der Waals surface area (Å²) in [6.07, 6.45) is 0. The molecule has 174 valence electrons. The normalized spacial score (nSPS) is 15.0. The molecule has 0 aliphatic carbocycles. The van der Waals surface area contributed by atoms with Crippen LogP contribution >= 0.6 is 0 Å². The largest absolute Gasteiger partial charge is 0.494 e. The molecule has 0 unspecified atom stereocenters. The van der Waals surface area contributed by atoms with Crippen LogP contribution in [0.15, 0.2) is 51.7 Å². The number of rotatable bonds is 7. The molecule has 1 N–H and O–H groups in total. The molecule has 1 amide bonds. The molecule has 2 aromatic carbocycles. The highest BCUT2D eigenvalue weighted by molar-refractivity contribution is 5.93. The van der Waals surface area contributed by atoms with Gasteiger partial charge >= 0.3 is 5.63 Å². The summed E-state index contributed by atoms with van der Waals surface area (Å²) in [5, 5.41) is 3.73. The zero-order valence-electron chi connectivity index (χ0n) is 18.9. The number of nitrogens with zero attached hydrogens (tertiary/aromatic N) is 2. The Hall–Kier alpha value is -3.23. The van der Waals surface area contributed by atoms with Gasteiger partial charge < -0.3 is 14.5 Å². The van der Waals surface area contributed by atoms with Crippen molar-refractivity contribution in [3.8, 4) is 5.75 Å². The molecule has 4 rings (SSSR count). The lowest BCUT2D eigenvalue weighted by atomic mass is 10.1. The molecule has 3 aromatic rings. The Balaban J connectivity index is 1.35. The van der Waals surface area contributed by atoms with Crippen molar-refractivity contribution in [1.29, 1.82) is 0 Å². The summed E-state index contributed by atoms with van der Waals surface area (Å²) >= 11 is 0. The molecule has 33 heavy (non-hydrogen) atoms. The minimum atomic E-state index is -0.368. The monoisotopic (exact) mass is 453 g/mol. The minimum Gasteiger partial charge on any atom is -0.494 e. The van der Waals surface area contributed by atoms with Crippen molar-refractivity contribution < 1.29 is 18.3 Å². The van der Waals surface area contributed by atoms with Gasteiger partial charge in [0.25, 0.3) is 0 Å². The number of benzene rings is 2. The molecule has 7 nitrogen and oxygen atoms in total. The van der Waals surface area contributed by atoms with Crippen LogP contribution in [0.4, 0.5) is 10.1 Å². The van der Waals surface area contributed by atoms with E-state index in [1.165, 1.54) is 12.1 Å². The number of anilines is 1. The summed E-state index contributed by atoms with van der Waals surface area (Å²) < 4.78 is 24.2. The first-order chi connectivity index (χ1) is 15.9. The van der Waals surface area contributed by atoms with Crippen molar-refractivity contribution in [2.75, 3.05) is 44.6 Å². The van der Waals surface area contributed by atoms with Crippen molar-refractivity contribution >= 4 is 22.6 Å². The number of carbonyl (C=O) groups is 1. The molecule has 0 radical (unpaired) electrons. The second kappa shape index (κ2) is 10.1. The van der Waals surface area contributed by atoms with Gasteiger partial charge in [0.05, 0.1) is 13.2 Å². The fraction of sp³-hybridized carbons (Fsp3) is 0.360. The van der Waals surface area contributed by atoms with Gasteiger partial charge in [-0.1, -0.05) is 0 Å². The summed E-state index contributed by atoms with van der Waals surface area (Å²) in [5.74, 6) is 0.306. The predicted molar refractivity (Wildman–Crippen MR) is 125 cm³/mol. The Kier molecular flexibility index (Phi) is 7.05. The molecular formula is C25H28FN3O4. The molecule has 1 aliphatic rings. The van der Waals surface area contributed by atoms with Crippen LogP contribution in [-0.2, 0) is 11.3 Å². The Morgan fingerprint density at radius 1 is 1.09 bits per heavy atom. The third kappa shape index (κ3) is 5.77. The van der Waals surface area contributed by atoms with Gasteiger partial charge in [-0.3, -0.25) is 14.6 Å². The van der Waals surface area contributed by atoms with Crippen molar-refractivity contribution in [2.24, 2.45) is 0 Å². The van der Waals surface area contributed by atoms with Gasteiger partial charge in [0, 0.05) is 49.9 Å². The van der Waals surface area contributed by atoms with Gasteiger partial charge in [-0.15, -0.1) is 0 Å². The summed E-state index contributed by atoms with van der Waals surface area (Å²) in [5.41, 5.74) is 2.41. The first-order valence-corrected chi connectivity index (χ1v) is 11.1. The molecule has 1 saturated heterocycles. The number of fused-ring (bicyclic) bond motifs is 1. The average molecular weight is 454 g/mol. The highest BCUT2D eigenvalue weighted by Gasteiger charge is 2.20. The molecule has 0 spiro atoms. The quantitative estimate of drug-likeness (QED) is 0.553. The number of aryl methyl sites for hydroxylation is 1. The standard InChI is InChI=1S/C25H28FN3O4/c1-3-32-20-5-7-23-21(14-20)18(13-25(31)33-23)15-28-8-10-29(11-9-28)16-24(30)27-22-6-4-19(26)12-17(22)2/h4-7,12-14H,3,8-11,15-16H2,1-2H3,(H,27,30). The lowest BCUT2D eigenvalue weighted by molar-refractivity contribution is -0.117. The Labute approximate surface area is 191 Å². The van der Waals surface area contributed by atoms with Crippen LogP contribution < -0.4 is 15.7 Å². The number of hydrogen-bond donors (Lipinski definition) is 1. The van der Waals surface area contributed by atoms with Crippen LogP contribution in [0.3, 0.4) is 0 Å². The number of ether oxygens (including phenoxy) is 1. The smallest absolute Gasteiger partial charge is 0.336 e. The van der Waals surface area contributed by atoms with Crippen molar-refractivity contribution in [3.63, 3.8) is 0 Å². The number of piperazine rings is 1. The molecule has 1 aliphatic heterocycles. The first kappa shape index (κ1) is 22.9. The second-order valence-electron chi connectivity index (χ2n) is 8.24. The third-order valence-corrected chi connectivity index (χ3v) is 5.80. The maximum atomic E-state index is 13.3. The summed E-state index contributed by atoms with van der Waals surface area (Å²) in [6.45, 7) is 8.17.